The van der Waals surface area contributed by atoms with E-state index < -0.39 is 37.1 Å². The van der Waals surface area contributed by atoms with E-state index in [1.807, 2.05) is 37.3 Å². The van der Waals surface area contributed by atoms with E-state index in [-0.39, 0.29) is 0 Å². The zero-order valence-electron chi connectivity index (χ0n) is 17.6. The molecular weight excluding hydrogens is 430 g/mol. The molecule has 6 nitrogen and oxygen atoms in total. The molecule has 168 valence electrons. The predicted molar refractivity (Wildman–Crippen MR) is 121 cm³/mol. The van der Waals surface area contributed by atoms with Crippen molar-refractivity contribution in [3.63, 3.8) is 0 Å². The molecule has 2 aromatic carbocycles. The van der Waals surface area contributed by atoms with Gasteiger partial charge in [-0.15, -0.1) is 0 Å². The van der Waals surface area contributed by atoms with Crippen LogP contribution >= 0.6 is 11.6 Å². The molecule has 2 heterocycles. The molecular formula is C25H26ClNO5. The van der Waals surface area contributed by atoms with Crippen molar-refractivity contribution >= 4 is 11.6 Å². The first-order chi connectivity index (χ1) is 15.4. The molecule has 1 aromatic heterocycles. The van der Waals surface area contributed by atoms with Crippen LogP contribution in [0.2, 0.25) is 5.02 Å². The highest BCUT2D eigenvalue weighted by molar-refractivity contribution is 6.31. The molecule has 1 fully saturated rings. The number of nitrogens with zero attached hydrogens (tertiary/aromatic N) is 1. The highest BCUT2D eigenvalue weighted by atomic mass is 35.5. The van der Waals surface area contributed by atoms with Crippen LogP contribution < -0.4 is 0 Å². The summed E-state index contributed by atoms with van der Waals surface area (Å²) in [5, 5.41) is 40.6. The van der Waals surface area contributed by atoms with E-state index in [4.69, 9.17) is 16.3 Å². The van der Waals surface area contributed by atoms with E-state index in [2.05, 4.69) is 17.1 Å². The van der Waals surface area contributed by atoms with Gasteiger partial charge >= 0.3 is 0 Å². The first-order valence-corrected chi connectivity index (χ1v) is 10.9. The molecule has 32 heavy (non-hydrogen) atoms. The molecule has 1 aliphatic rings. The smallest absolute Gasteiger partial charge is 0.113 e. The van der Waals surface area contributed by atoms with E-state index in [0.29, 0.717) is 17.0 Å². The third-order valence-corrected chi connectivity index (χ3v) is 6.33. The SMILES string of the molecule is Cc1ncccc1-c1ccc(Cc2cc([C@@H]3O[C@H](CO)[C@@H](O)[C@H](O)[C@H]3O)ccc2Cl)cc1. The van der Waals surface area contributed by atoms with Gasteiger partial charge in [0.25, 0.3) is 0 Å². The van der Waals surface area contributed by atoms with Gasteiger partial charge in [-0.25, -0.2) is 0 Å². The summed E-state index contributed by atoms with van der Waals surface area (Å²) in [5.74, 6) is 0. The highest BCUT2D eigenvalue weighted by Crippen LogP contribution is 2.34. The zero-order chi connectivity index (χ0) is 22.8. The fourth-order valence-electron chi connectivity index (χ4n) is 4.10. The van der Waals surface area contributed by atoms with Gasteiger partial charge in [0.05, 0.1) is 6.61 Å². The second kappa shape index (κ2) is 9.67. The third kappa shape index (κ3) is 4.57. The van der Waals surface area contributed by atoms with Crippen LogP contribution in [0.5, 0.6) is 0 Å². The molecule has 0 spiro atoms. The Hall–Kier alpha value is -2.32. The Morgan fingerprint density at radius 2 is 1.72 bits per heavy atom. The molecule has 4 rings (SSSR count). The molecule has 4 N–H and O–H groups in total. The largest absolute Gasteiger partial charge is 0.394 e. The van der Waals surface area contributed by atoms with E-state index in [1.165, 1.54) is 0 Å². The van der Waals surface area contributed by atoms with Crippen LogP contribution in [0.25, 0.3) is 11.1 Å². The molecule has 0 bridgehead atoms. The monoisotopic (exact) mass is 455 g/mol. The summed E-state index contributed by atoms with van der Waals surface area (Å²) in [6.45, 7) is 1.51. The van der Waals surface area contributed by atoms with Crippen molar-refractivity contribution < 1.29 is 25.2 Å². The van der Waals surface area contributed by atoms with Crippen LogP contribution in [0.15, 0.2) is 60.8 Å². The molecule has 3 aromatic rings. The molecule has 0 aliphatic carbocycles. The third-order valence-electron chi connectivity index (χ3n) is 5.96. The molecule has 0 saturated carbocycles. The summed E-state index contributed by atoms with van der Waals surface area (Å²) in [5.41, 5.74) is 5.65. The predicted octanol–water partition coefficient (Wildman–Crippen LogP) is 2.82. The molecule has 7 heteroatoms. The van der Waals surface area contributed by atoms with Crippen LogP contribution in [-0.2, 0) is 11.2 Å². The summed E-state index contributed by atoms with van der Waals surface area (Å²) < 4.78 is 5.68. The number of hydrogen-bond donors (Lipinski definition) is 4. The standard InChI is InChI=1S/C25H26ClNO5/c1-14-19(3-2-10-27-14)16-6-4-15(5-7-16)11-18-12-17(8-9-20(18)26)25-24(31)23(30)22(29)21(13-28)32-25/h2-10,12,21-25,28-31H,11,13H2,1H3/t21-,22-,23+,24-,25+/m1/s1. The van der Waals surface area contributed by atoms with Crippen LogP contribution in [0.1, 0.15) is 28.5 Å². The minimum absolute atomic E-state index is 0.468. The highest BCUT2D eigenvalue weighted by Gasteiger charge is 2.44. The average Bonchev–Trinajstić information content (AvgIpc) is 2.80. The number of aliphatic hydroxyl groups is 4. The lowest BCUT2D eigenvalue weighted by Gasteiger charge is -2.40. The van der Waals surface area contributed by atoms with Crippen molar-refractivity contribution in [3.05, 3.63) is 88.2 Å². The fraction of sp³-hybridized carbons (Fsp3) is 0.320. The quantitative estimate of drug-likeness (QED) is 0.472. The normalized spacial score (nSPS) is 25.6. The number of rotatable bonds is 5. The maximum Gasteiger partial charge on any atom is 0.113 e. The molecule has 0 radical (unpaired) electrons. The Balaban J connectivity index is 1.56. The maximum atomic E-state index is 10.4. The van der Waals surface area contributed by atoms with Gasteiger partial charge in [-0.3, -0.25) is 4.98 Å². The van der Waals surface area contributed by atoms with Gasteiger partial charge in [-0.05, 0) is 47.7 Å². The van der Waals surface area contributed by atoms with E-state index in [1.54, 1.807) is 18.3 Å². The number of benzene rings is 2. The number of halogens is 1. The minimum Gasteiger partial charge on any atom is -0.394 e. The summed E-state index contributed by atoms with van der Waals surface area (Å²) in [6, 6.07) is 17.4. The van der Waals surface area contributed by atoms with Gasteiger partial charge in [0.2, 0.25) is 0 Å². The Labute approximate surface area is 191 Å². The van der Waals surface area contributed by atoms with Crippen molar-refractivity contribution in [2.75, 3.05) is 6.61 Å². The average molecular weight is 456 g/mol. The van der Waals surface area contributed by atoms with Crippen LogP contribution in [0.3, 0.4) is 0 Å². The number of hydrogen-bond acceptors (Lipinski definition) is 6. The summed E-state index contributed by atoms with van der Waals surface area (Å²) in [6.07, 6.45) is -3.65. The van der Waals surface area contributed by atoms with Gasteiger partial charge in [-0.2, -0.15) is 0 Å². The number of aryl methyl sites for hydroxylation is 1. The topological polar surface area (TPSA) is 103 Å². The van der Waals surface area contributed by atoms with Crippen molar-refractivity contribution in [2.24, 2.45) is 0 Å². The number of aromatic nitrogens is 1. The second-order valence-corrected chi connectivity index (χ2v) is 8.52. The number of ether oxygens (including phenoxy) is 1. The Morgan fingerprint density at radius 3 is 2.41 bits per heavy atom. The summed E-state index contributed by atoms with van der Waals surface area (Å²) in [7, 11) is 0. The van der Waals surface area contributed by atoms with Crippen LogP contribution in [0.4, 0.5) is 0 Å². The van der Waals surface area contributed by atoms with Gasteiger partial charge in [0, 0.05) is 22.5 Å². The maximum absolute atomic E-state index is 10.4. The van der Waals surface area contributed by atoms with Crippen molar-refractivity contribution in [1.82, 2.24) is 4.98 Å². The zero-order valence-corrected chi connectivity index (χ0v) is 18.4. The molecule has 0 amide bonds. The first kappa shape index (κ1) is 22.9. The number of aliphatic hydroxyl groups excluding tert-OH is 4. The Kier molecular flexibility index (Phi) is 6.90. The van der Waals surface area contributed by atoms with Gasteiger partial charge < -0.3 is 25.2 Å². The Bertz CT molecular complexity index is 1070. The molecule has 1 aliphatic heterocycles. The fourth-order valence-corrected chi connectivity index (χ4v) is 4.28. The van der Waals surface area contributed by atoms with Crippen LogP contribution in [0, 0.1) is 6.92 Å². The van der Waals surface area contributed by atoms with E-state index in [9.17, 15) is 20.4 Å². The summed E-state index contributed by atoms with van der Waals surface area (Å²) >= 11 is 6.44. The van der Waals surface area contributed by atoms with Crippen molar-refractivity contribution in [1.29, 1.82) is 0 Å². The second-order valence-electron chi connectivity index (χ2n) is 8.11. The first-order valence-electron chi connectivity index (χ1n) is 10.5. The van der Waals surface area contributed by atoms with E-state index >= 15 is 0 Å². The van der Waals surface area contributed by atoms with Crippen LogP contribution in [-0.4, -0.2) is 56.4 Å². The Morgan fingerprint density at radius 1 is 0.969 bits per heavy atom. The lowest BCUT2D eigenvalue weighted by Crippen LogP contribution is -2.55. The van der Waals surface area contributed by atoms with Crippen molar-refractivity contribution in [3.8, 4) is 11.1 Å². The summed E-state index contributed by atoms with van der Waals surface area (Å²) in [4.78, 5) is 4.34. The minimum atomic E-state index is -1.42. The lowest BCUT2D eigenvalue weighted by atomic mass is 9.90. The van der Waals surface area contributed by atoms with Gasteiger partial charge in [0.15, 0.2) is 0 Å². The number of pyridine rings is 1. The van der Waals surface area contributed by atoms with Gasteiger partial charge in [-0.1, -0.05) is 54.1 Å². The molecule has 5 atom stereocenters. The molecule has 1 saturated heterocycles. The van der Waals surface area contributed by atoms with Gasteiger partial charge in [0.1, 0.15) is 30.5 Å². The lowest BCUT2D eigenvalue weighted by molar-refractivity contribution is -0.231. The van der Waals surface area contributed by atoms with Crippen molar-refractivity contribution in [2.45, 2.75) is 43.9 Å². The molecule has 0 unspecified atom stereocenters. The van der Waals surface area contributed by atoms with E-state index in [0.717, 1.165) is 27.9 Å².